The van der Waals surface area contributed by atoms with Crippen molar-refractivity contribution < 1.29 is 9.21 Å². The summed E-state index contributed by atoms with van der Waals surface area (Å²) in [6, 6.07) is 20.8. The summed E-state index contributed by atoms with van der Waals surface area (Å²) in [5.41, 5.74) is 1.60. The molecule has 2 heterocycles. The second-order valence-corrected chi connectivity index (χ2v) is 6.94. The van der Waals surface area contributed by atoms with Crippen molar-refractivity contribution >= 4 is 46.2 Å². The van der Waals surface area contributed by atoms with Gasteiger partial charge in [0.25, 0.3) is 5.91 Å². The van der Waals surface area contributed by atoms with Crippen LogP contribution in [0.3, 0.4) is 0 Å². The molecule has 2 aromatic carbocycles. The van der Waals surface area contributed by atoms with Crippen molar-refractivity contribution in [2.24, 2.45) is 4.99 Å². The average Bonchev–Trinajstić information content (AvgIpc) is 3.25. The maximum Gasteiger partial charge on any atom is 0.264 e. The van der Waals surface area contributed by atoms with Gasteiger partial charge in [0.1, 0.15) is 11.5 Å². The minimum Gasteiger partial charge on any atom is -0.457 e. The molecule has 1 aliphatic rings. The zero-order valence-corrected chi connectivity index (χ0v) is 15.1. The van der Waals surface area contributed by atoms with E-state index in [1.54, 1.807) is 18.2 Å². The van der Waals surface area contributed by atoms with Crippen LogP contribution < -0.4 is 5.32 Å². The molecule has 4 rings (SSSR count). The summed E-state index contributed by atoms with van der Waals surface area (Å²) >= 11 is 7.36. The van der Waals surface area contributed by atoms with Gasteiger partial charge in [0.15, 0.2) is 5.17 Å². The van der Waals surface area contributed by atoms with Crippen LogP contribution in [0.5, 0.6) is 0 Å². The molecule has 1 amide bonds. The highest BCUT2D eigenvalue weighted by molar-refractivity contribution is 8.18. The standard InChI is InChI=1S/C20H13ClN2O2S/c21-15-8-4-5-9-16(15)22-20-23-19(24)18(26-20)12-14-10-11-17(25-14)13-6-2-1-3-7-13/h1-12H,(H,22,23,24). The van der Waals surface area contributed by atoms with Crippen LogP contribution in [0.2, 0.25) is 5.02 Å². The molecule has 4 nitrogen and oxygen atoms in total. The molecule has 0 spiro atoms. The molecule has 3 aromatic rings. The molecule has 1 saturated heterocycles. The summed E-state index contributed by atoms with van der Waals surface area (Å²) in [5.74, 6) is 1.16. The van der Waals surface area contributed by atoms with Gasteiger partial charge < -0.3 is 9.73 Å². The number of carbonyl (C=O) groups excluding carboxylic acids is 1. The summed E-state index contributed by atoms with van der Waals surface area (Å²) < 4.78 is 5.82. The highest BCUT2D eigenvalue weighted by Crippen LogP contribution is 2.31. The largest absolute Gasteiger partial charge is 0.457 e. The number of thioether (sulfide) groups is 1. The van der Waals surface area contributed by atoms with E-state index < -0.39 is 0 Å². The normalized spacial score (nSPS) is 17.0. The van der Waals surface area contributed by atoms with Crippen LogP contribution in [-0.2, 0) is 4.79 Å². The molecule has 128 valence electrons. The number of amides is 1. The molecule has 0 radical (unpaired) electrons. The van der Waals surface area contributed by atoms with Crippen LogP contribution in [0.4, 0.5) is 5.69 Å². The number of nitrogens with zero attached hydrogens (tertiary/aromatic N) is 1. The minimum atomic E-state index is -0.210. The van der Waals surface area contributed by atoms with E-state index in [9.17, 15) is 4.79 Å². The van der Waals surface area contributed by atoms with E-state index >= 15 is 0 Å². The second kappa shape index (κ2) is 7.23. The molecular weight excluding hydrogens is 368 g/mol. The van der Waals surface area contributed by atoms with E-state index in [1.165, 1.54) is 11.8 Å². The Kier molecular flexibility index (Phi) is 4.65. The van der Waals surface area contributed by atoms with Gasteiger partial charge in [0, 0.05) is 11.6 Å². The number of para-hydroxylation sites is 1. The topological polar surface area (TPSA) is 54.6 Å². The second-order valence-electron chi connectivity index (χ2n) is 5.50. The molecule has 1 aromatic heterocycles. The number of hydrogen-bond donors (Lipinski definition) is 1. The molecule has 0 bridgehead atoms. The molecule has 0 atom stereocenters. The summed E-state index contributed by atoms with van der Waals surface area (Å²) in [6.45, 7) is 0. The summed E-state index contributed by atoms with van der Waals surface area (Å²) in [7, 11) is 0. The number of hydrogen-bond acceptors (Lipinski definition) is 4. The predicted molar refractivity (Wildman–Crippen MR) is 106 cm³/mol. The quantitative estimate of drug-likeness (QED) is 0.611. The van der Waals surface area contributed by atoms with Crippen molar-refractivity contribution in [2.45, 2.75) is 0 Å². The molecule has 6 heteroatoms. The van der Waals surface area contributed by atoms with Crippen LogP contribution in [0.25, 0.3) is 17.4 Å². The third kappa shape index (κ3) is 3.59. The van der Waals surface area contributed by atoms with E-state index in [4.69, 9.17) is 16.0 Å². The fourth-order valence-corrected chi connectivity index (χ4v) is 3.44. The van der Waals surface area contributed by atoms with Crippen molar-refractivity contribution in [3.05, 3.63) is 82.4 Å². The number of aliphatic imine (C=N–C) groups is 1. The summed E-state index contributed by atoms with van der Waals surface area (Å²) in [4.78, 5) is 17.1. The Morgan fingerprint density at radius 1 is 1.00 bits per heavy atom. The first-order valence-corrected chi connectivity index (χ1v) is 9.08. The maximum absolute atomic E-state index is 12.2. The molecule has 1 N–H and O–H groups in total. The molecule has 1 aliphatic heterocycles. The lowest BCUT2D eigenvalue weighted by Crippen LogP contribution is -2.19. The zero-order chi connectivity index (χ0) is 17.9. The number of nitrogens with one attached hydrogen (secondary N) is 1. The van der Waals surface area contributed by atoms with Gasteiger partial charge in [-0.1, -0.05) is 54.1 Å². The molecule has 0 aliphatic carbocycles. The SMILES string of the molecule is O=C1NC(=Nc2ccccc2Cl)SC1=Cc1ccc(-c2ccccc2)o1. The number of furan rings is 1. The summed E-state index contributed by atoms with van der Waals surface area (Å²) in [6.07, 6.45) is 1.71. The van der Waals surface area contributed by atoms with Crippen molar-refractivity contribution in [3.8, 4) is 11.3 Å². The van der Waals surface area contributed by atoms with E-state index in [2.05, 4.69) is 10.3 Å². The monoisotopic (exact) mass is 380 g/mol. The Labute approximate surface area is 159 Å². The number of rotatable bonds is 3. The van der Waals surface area contributed by atoms with Crippen molar-refractivity contribution in [2.75, 3.05) is 0 Å². The predicted octanol–water partition coefficient (Wildman–Crippen LogP) is 5.49. The van der Waals surface area contributed by atoms with Gasteiger partial charge in [0.05, 0.1) is 15.6 Å². The number of halogens is 1. The third-order valence-electron chi connectivity index (χ3n) is 3.68. The smallest absolute Gasteiger partial charge is 0.264 e. The van der Waals surface area contributed by atoms with Crippen molar-refractivity contribution in [1.29, 1.82) is 0 Å². The van der Waals surface area contributed by atoms with Gasteiger partial charge in [-0.05, 0) is 36.0 Å². The van der Waals surface area contributed by atoms with Crippen LogP contribution in [0, 0.1) is 0 Å². The van der Waals surface area contributed by atoms with Gasteiger partial charge in [-0.15, -0.1) is 0 Å². The van der Waals surface area contributed by atoms with Crippen molar-refractivity contribution in [3.63, 3.8) is 0 Å². The van der Waals surface area contributed by atoms with Crippen LogP contribution in [0.1, 0.15) is 5.76 Å². The first-order valence-electron chi connectivity index (χ1n) is 7.88. The van der Waals surface area contributed by atoms with Crippen LogP contribution >= 0.6 is 23.4 Å². The Morgan fingerprint density at radius 2 is 1.77 bits per heavy atom. The van der Waals surface area contributed by atoms with E-state index in [1.807, 2.05) is 54.6 Å². The fourth-order valence-electron chi connectivity index (χ4n) is 2.45. The van der Waals surface area contributed by atoms with Gasteiger partial charge in [-0.25, -0.2) is 4.99 Å². The van der Waals surface area contributed by atoms with Crippen molar-refractivity contribution in [1.82, 2.24) is 5.32 Å². The third-order valence-corrected chi connectivity index (χ3v) is 4.91. The van der Waals surface area contributed by atoms with E-state index in [0.717, 1.165) is 11.3 Å². The van der Waals surface area contributed by atoms with Gasteiger partial charge in [0.2, 0.25) is 0 Å². The van der Waals surface area contributed by atoms with Crippen LogP contribution in [0.15, 0.2) is 81.0 Å². The number of carbonyl (C=O) groups is 1. The van der Waals surface area contributed by atoms with Gasteiger partial charge in [-0.3, -0.25) is 4.79 Å². The minimum absolute atomic E-state index is 0.210. The van der Waals surface area contributed by atoms with Crippen LogP contribution in [-0.4, -0.2) is 11.1 Å². The Bertz CT molecular complexity index is 1030. The van der Waals surface area contributed by atoms with E-state index in [0.29, 0.717) is 26.5 Å². The average molecular weight is 381 g/mol. The molecule has 0 unspecified atom stereocenters. The maximum atomic E-state index is 12.2. The van der Waals surface area contributed by atoms with Gasteiger partial charge >= 0.3 is 0 Å². The number of amidine groups is 1. The highest BCUT2D eigenvalue weighted by atomic mass is 35.5. The zero-order valence-electron chi connectivity index (χ0n) is 13.5. The molecule has 26 heavy (non-hydrogen) atoms. The number of benzene rings is 2. The summed E-state index contributed by atoms with van der Waals surface area (Å²) in [5, 5.41) is 3.77. The lowest BCUT2D eigenvalue weighted by atomic mass is 10.2. The first-order chi connectivity index (χ1) is 12.7. The molecule has 0 saturated carbocycles. The molecular formula is C20H13ClN2O2S. The lowest BCUT2D eigenvalue weighted by Gasteiger charge is -1.98. The Hall–Kier alpha value is -2.76. The Balaban J connectivity index is 1.56. The van der Waals surface area contributed by atoms with E-state index in [-0.39, 0.29) is 5.91 Å². The fraction of sp³-hybridized carbons (Fsp3) is 0. The van der Waals surface area contributed by atoms with Gasteiger partial charge in [-0.2, -0.15) is 0 Å². The first kappa shape index (κ1) is 16.7. The highest BCUT2D eigenvalue weighted by Gasteiger charge is 2.24. The lowest BCUT2D eigenvalue weighted by molar-refractivity contribution is -0.115. The Morgan fingerprint density at radius 3 is 2.58 bits per heavy atom. The molecule has 1 fully saturated rings.